The Morgan fingerprint density at radius 2 is 1.94 bits per heavy atom. The summed E-state index contributed by atoms with van der Waals surface area (Å²) in [6.45, 7) is 10.9. The highest BCUT2D eigenvalue weighted by molar-refractivity contribution is 5.80. The van der Waals surface area contributed by atoms with Crippen molar-refractivity contribution in [1.29, 1.82) is 5.26 Å². The molecule has 2 aromatic rings. The zero-order chi connectivity index (χ0) is 25.0. The number of hydrogen-bond acceptors (Lipinski definition) is 6. The molecule has 0 radical (unpaired) electrons. The summed E-state index contributed by atoms with van der Waals surface area (Å²) in [6, 6.07) is 2.11. The number of fused-ring (bicyclic) bond motifs is 1. The molecule has 2 amide bonds. The van der Waals surface area contributed by atoms with Gasteiger partial charge in [0.15, 0.2) is 5.65 Å². The first-order chi connectivity index (χ1) is 16.0. The number of piperidine rings is 1. The Balaban J connectivity index is 1.51. The van der Waals surface area contributed by atoms with E-state index in [9.17, 15) is 14.9 Å². The summed E-state index contributed by atoms with van der Waals surface area (Å²) in [5.41, 5.74) is 3.73. The topological polar surface area (TPSA) is 107 Å². The van der Waals surface area contributed by atoms with E-state index in [0.717, 1.165) is 23.5 Å². The average molecular weight is 468 g/mol. The molecule has 1 aliphatic rings. The second kappa shape index (κ2) is 10.5. The number of hydrogen-bond donors (Lipinski definition) is 1. The third kappa shape index (κ3) is 5.92. The van der Waals surface area contributed by atoms with E-state index in [2.05, 4.69) is 40.2 Å². The van der Waals surface area contributed by atoms with Crippen LogP contribution in [0.25, 0.3) is 5.65 Å². The van der Waals surface area contributed by atoms with Crippen molar-refractivity contribution in [3.63, 3.8) is 0 Å². The van der Waals surface area contributed by atoms with Crippen LogP contribution in [0.4, 0.5) is 0 Å². The molecule has 0 saturated carbocycles. The van der Waals surface area contributed by atoms with Gasteiger partial charge in [-0.3, -0.25) is 9.59 Å². The summed E-state index contributed by atoms with van der Waals surface area (Å²) in [5.74, 6) is 0.160. The van der Waals surface area contributed by atoms with Gasteiger partial charge in [0.1, 0.15) is 11.6 Å². The number of amides is 2. The molecule has 3 rings (SSSR count). The van der Waals surface area contributed by atoms with Gasteiger partial charge in [-0.15, -0.1) is 0 Å². The summed E-state index contributed by atoms with van der Waals surface area (Å²) < 4.78 is 1.68. The van der Waals surface area contributed by atoms with Crippen LogP contribution in [0.15, 0.2) is 6.20 Å². The second-order valence-corrected chi connectivity index (χ2v) is 10.4. The summed E-state index contributed by atoms with van der Waals surface area (Å²) >= 11 is 0. The largest absolute Gasteiger partial charge is 0.355 e. The Bertz CT molecular complexity index is 1090. The predicted molar refractivity (Wildman–Crippen MR) is 130 cm³/mol. The van der Waals surface area contributed by atoms with Gasteiger partial charge in [-0.1, -0.05) is 13.8 Å². The van der Waals surface area contributed by atoms with Crippen molar-refractivity contribution in [1.82, 2.24) is 29.7 Å². The normalized spacial score (nSPS) is 15.1. The van der Waals surface area contributed by atoms with E-state index in [-0.39, 0.29) is 23.1 Å². The van der Waals surface area contributed by atoms with Crippen LogP contribution in [0.5, 0.6) is 0 Å². The zero-order valence-corrected chi connectivity index (χ0v) is 21.3. The smallest absolute Gasteiger partial charge is 0.223 e. The first-order valence-electron chi connectivity index (χ1n) is 12.0. The van der Waals surface area contributed by atoms with Crippen molar-refractivity contribution < 1.29 is 9.59 Å². The predicted octanol–water partition coefficient (Wildman–Crippen LogP) is 2.09. The van der Waals surface area contributed by atoms with E-state index in [0.29, 0.717) is 56.5 Å². The molecule has 34 heavy (non-hydrogen) atoms. The number of aryl methyl sites for hydroxylation is 2. The number of carbonyl (C=O) groups is 2. The van der Waals surface area contributed by atoms with E-state index in [1.54, 1.807) is 4.52 Å². The van der Waals surface area contributed by atoms with Crippen LogP contribution in [0, 0.1) is 36.5 Å². The molecule has 0 aromatic carbocycles. The minimum atomic E-state index is -0.0375. The Kier molecular flexibility index (Phi) is 7.93. The highest BCUT2D eigenvalue weighted by atomic mass is 16.2. The highest BCUT2D eigenvalue weighted by Gasteiger charge is 2.29. The Morgan fingerprint density at radius 3 is 2.56 bits per heavy atom. The first kappa shape index (κ1) is 25.6. The molecular formula is C25H37N7O2. The molecule has 3 heterocycles. The molecule has 9 nitrogen and oxygen atoms in total. The summed E-state index contributed by atoms with van der Waals surface area (Å²) in [6.07, 6.45) is 3.87. The van der Waals surface area contributed by atoms with Crippen LogP contribution in [-0.4, -0.2) is 76.5 Å². The summed E-state index contributed by atoms with van der Waals surface area (Å²) in [7, 11) is 4.07. The fraction of sp³-hybridized carbons (Fsp3) is 0.640. The first-order valence-corrected chi connectivity index (χ1v) is 12.0. The van der Waals surface area contributed by atoms with Gasteiger partial charge < -0.3 is 15.1 Å². The van der Waals surface area contributed by atoms with Crippen molar-refractivity contribution in [3.05, 3.63) is 28.7 Å². The molecule has 0 bridgehead atoms. The molecule has 1 N–H and O–H groups in total. The zero-order valence-electron chi connectivity index (χ0n) is 21.3. The van der Waals surface area contributed by atoms with Gasteiger partial charge in [-0.2, -0.15) is 10.4 Å². The number of rotatable bonds is 8. The standard InChI is InChI=1S/C25H37N7O2/c1-17-21(18(2)32-23(29-17)20(13-26)14-28-32)7-8-22(33)31-11-9-19(10-12-31)24(34)27-15-25(3,4)16-30(5)6/h14,19H,7-12,15-16H2,1-6H3,(H,27,34). The molecule has 184 valence electrons. The number of nitrogens with one attached hydrogen (secondary N) is 1. The molecule has 0 atom stereocenters. The number of nitriles is 1. The minimum absolute atomic E-state index is 0.0102. The van der Waals surface area contributed by atoms with Crippen molar-refractivity contribution in [3.8, 4) is 6.07 Å². The highest BCUT2D eigenvalue weighted by Crippen LogP contribution is 2.22. The number of carbonyl (C=O) groups excluding carboxylic acids is 2. The lowest BCUT2D eigenvalue weighted by atomic mass is 9.91. The van der Waals surface area contributed by atoms with Gasteiger partial charge in [0.25, 0.3) is 0 Å². The lowest BCUT2D eigenvalue weighted by Crippen LogP contribution is -2.46. The lowest BCUT2D eigenvalue weighted by Gasteiger charge is -2.33. The van der Waals surface area contributed by atoms with E-state index >= 15 is 0 Å². The Morgan fingerprint density at radius 1 is 1.26 bits per heavy atom. The molecular weight excluding hydrogens is 430 g/mol. The summed E-state index contributed by atoms with van der Waals surface area (Å²) in [5, 5.41) is 16.6. The van der Waals surface area contributed by atoms with Gasteiger partial charge in [0.05, 0.1) is 6.20 Å². The van der Waals surface area contributed by atoms with Gasteiger partial charge in [-0.25, -0.2) is 9.50 Å². The van der Waals surface area contributed by atoms with Crippen LogP contribution in [0.2, 0.25) is 0 Å². The molecule has 1 fully saturated rings. The molecule has 0 unspecified atom stereocenters. The van der Waals surface area contributed by atoms with Gasteiger partial charge in [0.2, 0.25) is 11.8 Å². The minimum Gasteiger partial charge on any atom is -0.355 e. The van der Waals surface area contributed by atoms with Crippen molar-refractivity contribution in [2.75, 3.05) is 40.3 Å². The van der Waals surface area contributed by atoms with Crippen LogP contribution >= 0.6 is 0 Å². The van der Waals surface area contributed by atoms with Gasteiger partial charge in [-0.05, 0) is 58.2 Å². The Hall–Kier alpha value is -2.99. The Labute approximate surface area is 202 Å². The molecule has 0 spiro atoms. The van der Waals surface area contributed by atoms with E-state index < -0.39 is 0 Å². The third-order valence-corrected chi connectivity index (χ3v) is 6.62. The van der Waals surface area contributed by atoms with Gasteiger partial charge >= 0.3 is 0 Å². The average Bonchev–Trinajstić information content (AvgIpc) is 3.19. The van der Waals surface area contributed by atoms with Crippen LogP contribution in [-0.2, 0) is 16.0 Å². The third-order valence-electron chi connectivity index (χ3n) is 6.62. The van der Waals surface area contributed by atoms with Crippen molar-refractivity contribution in [2.45, 2.75) is 53.4 Å². The van der Waals surface area contributed by atoms with E-state index in [1.165, 1.54) is 6.20 Å². The maximum Gasteiger partial charge on any atom is 0.223 e. The SMILES string of the molecule is Cc1nc2c(C#N)cnn2c(C)c1CCC(=O)N1CCC(C(=O)NCC(C)(C)CN(C)C)CC1. The number of aromatic nitrogens is 3. The maximum atomic E-state index is 12.9. The quantitative estimate of drug-likeness (QED) is 0.637. The van der Waals surface area contributed by atoms with Crippen LogP contribution in [0.3, 0.4) is 0 Å². The summed E-state index contributed by atoms with van der Waals surface area (Å²) in [4.78, 5) is 34.1. The monoisotopic (exact) mass is 467 g/mol. The van der Waals surface area contributed by atoms with Crippen LogP contribution < -0.4 is 5.32 Å². The molecule has 9 heteroatoms. The number of nitrogens with zero attached hydrogens (tertiary/aromatic N) is 6. The van der Waals surface area contributed by atoms with Crippen molar-refractivity contribution >= 4 is 17.5 Å². The maximum absolute atomic E-state index is 12.9. The molecule has 1 aliphatic heterocycles. The van der Waals surface area contributed by atoms with Gasteiger partial charge in [0, 0.05) is 49.9 Å². The van der Waals surface area contributed by atoms with Crippen molar-refractivity contribution in [2.24, 2.45) is 11.3 Å². The molecule has 2 aromatic heterocycles. The fourth-order valence-electron chi connectivity index (χ4n) is 4.92. The second-order valence-electron chi connectivity index (χ2n) is 10.4. The number of likely N-dealkylation sites (tertiary alicyclic amines) is 1. The fourth-order valence-corrected chi connectivity index (χ4v) is 4.92. The molecule has 0 aliphatic carbocycles. The lowest BCUT2D eigenvalue weighted by molar-refractivity contribution is -0.135. The molecule has 1 saturated heterocycles. The van der Waals surface area contributed by atoms with E-state index in [4.69, 9.17) is 0 Å². The van der Waals surface area contributed by atoms with Crippen LogP contribution in [0.1, 0.15) is 55.6 Å². The van der Waals surface area contributed by atoms with E-state index in [1.807, 2.05) is 32.8 Å².